The Morgan fingerprint density at radius 3 is 2.09 bits per heavy atom. The van der Waals surface area contributed by atoms with Crippen LogP contribution in [0.15, 0.2) is 78.9 Å². The highest BCUT2D eigenvalue weighted by molar-refractivity contribution is 5.88. The molecule has 3 rings (SSSR count). The largest absolute Gasteiger partial charge is 0.497 e. The zero-order valence-electron chi connectivity index (χ0n) is 20.9. The van der Waals surface area contributed by atoms with E-state index in [1.807, 2.05) is 75.4 Å². The maximum Gasteiger partial charge on any atom is 0.261 e. The van der Waals surface area contributed by atoms with Crippen molar-refractivity contribution in [1.82, 2.24) is 10.2 Å². The highest BCUT2D eigenvalue weighted by atomic mass is 16.5. The molecule has 6 nitrogen and oxygen atoms in total. The lowest BCUT2D eigenvalue weighted by Crippen LogP contribution is -2.52. The Kier molecular flexibility index (Phi) is 9.30. The molecule has 3 aromatic carbocycles. The van der Waals surface area contributed by atoms with Gasteiger partial charge in [-0.2, -0.15) is 0 Å². The lowest BCUT2D eigenvalue weighted by molar-refractivity contribution is -0.143. The Morgan fingerprint density at radius 2 is 1.49 bits per heavy atom. The van der Waals surface area contributed by atoms with Crippen LogP contribution in [0.3, 0.4) is 0 Å². The third-order valence-electron chi connectivity index (χ3n) is 5.60. The van der Waals surface area contributed by atoms with Crippen LogP contribution in [0.25, 0.3) is 0 Å². The molecular formula is C29H34N2O4. The fraction of sp³-hybridized carbons (Fsp3) is 0.310. The second kappa shape index (κ2) is 12.6. The number of nitrogens with zero attached hydrogens (tertiary/aromatic N) is 1. The number of carbonyl (C=O) groups is 2. The molecule has 0 heterocycles. The molecule has 1 N–H and O–H groups in total. The Morgan fingerprint density at radius 1 is 0.857 bits per heavy atom. The number of benzene rings is 3. The van der Waals surface area contributed by atoms with Gasteiger partial charge >= 0.3 is 0 Å². The van der Waals surface area contributed by atoms with Crippen molar-refractivity contribution in [3.05, 3.63) is 95.6 Å². The van der Waals surface area contributed by atoms with E-state index < -0.39 is 6.04 Å². The summed E-state index contributed by atoms with van der Waals surface area (Å²) < 4.78 is 11.0. The van der Waals surface area contributed by atoms with E-state index in [2.05, 4.69) is 5.32 Å². The number of amides is 2. The Hall–Kier alpha value is -3.80. The molecule has 0 aliphatic rings. The van der Waals surface area contributed by atoms with E-state index in [0.29, 0.717) is 24.5 Å². The minimum Gasteiger partial charge on any atom is -0.497 e. The molecule has 0 spiro atoms. The van der Waals surface area contributed by atoms with Gasteiger partial charge in [-0.05, 0) is 56.2 Å². The molecule has 0 radical (unpaired) electrons. The molecule has 3 aromatic rings. The summed E-state index contributed by atoms with van der Waals surface area (Å²) in [5, 5.41) is 2.99. The average Bonchev–Trinajstić information content (AvgIpc) is 2.86. The quantitative estimate of drug-likeness (QED) is 0.443. The normalized spacial score (nSPS) is 11.6. The van der Waals surface area contributed by atoms with E-state index in [1.54, 1.807) is 36.3 Å². The smallest absolute Gasteiger partial charge is 0.261 e. The third kappa shape index (κ3) is 7.88. The number of nitrogens with one attached hydrogen (secondary N) is 1. The van der Waals surface area contributed by atoms with Gasteiger partial charge in [0.2, 0.25) is 5.91 Å². The van der Waals surface area contributed by atoms with Crippen molar-refractivity contribution in [1.29, 1.82) is 0 Å². The van der Waals surface area contributed by atoms with Crippen molar-refractivity contribution in [3.8, 4) is 11.5 Å². The number of aryl methyl sites for hydroxylation is 1. The number of hydrogen-bond donors (Lipinski definition) is 1. The predicted octanol–water partition coefficient (Wildman–Crippen LogP) is 4.55. The SMILES string of the molecule is COc1ccc(OCC(=O)N(Cc2ccc(C)cc2)[C@@H](Cc2ccccc2)C(=O)NC(C)C)cc1. The molecule has 184 valence electrons. The van der Waals surface area contributed by atoms with Gasteiger partial charge in [0.25, 0.3) is 5.91 Å². The van der Waals surface area contributed by atoms with Gasteiger partial charge in [0.05, 0.1) is 7.11 Å². The van der Waals surface area contributed by atoms with Crippen LogP contribution in [0.2, 0.25) is 0 Å². The van der Waals surface area contributed by atoms with E-state index in [1.165, 1.54) is 0 Å². The first-order valence-corrected chi connectivity index (χ1v) is 11.8. The van der Waals surface area contributed by atoms with Crippen molar-refractivity contribution in [2.24, 2.45) is 0 Å². The predicted molar refractivity (Wildman–Crippen MR) is 137 cm³/mol. The molecule has 0 aliphatic heterocycles. The summed E-state index contributed by atoms with van der Waals surface area (Å²) in [7, 11) is 1.59. The second-order valence-electron chi connectivity index (χ2n) is 8.84. The maximum atomic E-state index is 13.5. The lowest BCUT2D eigenvalue weighted by Gasteiger charge is -2.32. The molecule has 0 unspecified atom stereocenters. The van der Waals surface area contributed by atoms with Crippen molar-refractivity contribution >= 4 is 11.8 Å². The minimum atomic E-state index is -0.687. The molecule has 0 aliphatic carbocycles. The van der Waals surface area contributed by atoms with Gasteiger partial charge in [-0.15, -0.1) is 0 Å². The van der Waals surface area contributed by atoms with Crippen LogP contribution in [-0.4, -0.2) is 42.5 Å². The molecule has 6 heteroatoms. The first-order valence-electron chi connectivity index (χ1n) is 11.8. The summed E-state index contributed by atoms with van der Waals surface area (Å²) in [5.74, 6) is 0.814. The second-order valence-corrected chi connectivity index (χ2v) is 8.84. The highest BCUT2D eigenvalue weighted by Crippen LogP contribution is 2.19. The van der Waals surface area contributed by atoms with Crippen molar-refractivity contribution in [2.75, 3.05) is 13.7 Å². The van der Waals surface area contributed by atoms with Crippen molar-refractivity contribution < 1.29 is 19.1 Å². The summed E-state index contributed by atoms with van der Waals surface area (Å²) in [6.07, 6.45) is 0.402. The zero-order valence-corrected chi connectivity index (χ0v) is 20.9. The minimum absolute atomic E-state index is 0.0485. The Bertz CT molecular complexity index is 1080. The number of ether oxygens (including phenoxy) is 2. The molecule has 1 atom stereocenters. The van der Waals surface area contributed by atoms with E-state index in [4.69, 9.17) is 9.47 Å². The fourth-order valence-corrected chi connectivity index (χ4v) is 3.72. The molecular weight excluding hydrogens is 440 g/mol. The van der Waals surface area contributed by atoms with E-state index >= 15 is 0 Å². The lowest BCUT2D eigenvalue weighted by atomic mass is 10.0. The number of methoxy groups -OCH3 is 1. The molecule has 0 bridgehead atoms. The summed E-state index contributed by atoms with van der Waals surface area (Å²) >= 11 is 0. The van der Waals surface area contributed by atoms with Gasteiger partial charge in [-0.25, -0.2) is 0 Å². The van der Waals surface area contributed by atoms with Crippen LogP contribution in [0, 0.1) is 6.92 Å². The van der Waals surface area contributed by atoms with Crippen molar-refractivity contribution in [2.45, 2.75) is 45.8 Å². The van der Waals surface area contributed by atoms with Gasteiger partial charge in [0, 0.05) is 19.0 Å². The van der Waals surface area contributed by atoms with E-state index in [0.717, 1.165) is 16.7 Å². The van der Waals surface area contributed by atoms with E-state index in [-0.39, 0.29) is 24.5 Å². The number of hydrogen-bond acceptors (Lipinski definition) is 4. The molecule has 0 saturated heterocycles. The van der Waals surface area contributed by atoms with Crippen LogP contribution >= 0.6 is 0 Å². The van der Waals surface area contributed by atoms with Crippen LogP contribution in [0.4, 0.5) is 0 Å². The molecule has 0 fully saturated rings. The monoisotopic (exact) mass is 474 g/mol. The summed E-state index contributed by atoms with van der Waals surface area (Å²) in [6.45, 7) is 5.96. The Balaban J connectivity index is 1.87. The third-order valence-corrected chi connectivity index (χ3v) is 5.60. The average molecular weight is 475 g/mol. The van der Waals surface area contributed by atoms with E-state index in [9.17, 15) is 9.59 Å². The number of rotatable bonds is 11. The van der Waals surface area contributed by atoms with Gasteiger partial charge in [-0.3, -0.25) is 9.59 Å². The number of carbonyl (C=O) groups excluding carboxylic acids is 2. The molecule has 0 aromatic heterocycles. The summed E-state index contributed by atoms with van der Waals surface area (Å²) in [4.78, 5) is 28.5. The zero-order chi connectivity index (χ0) is 25.2. The summed E-state index contributed by atoms with van der Waals surface area (Å²) in [5.41, 5.74) is 3.06. The van der Waals surface area contributed by atoms with Crippen molar-refractivity contribution in [3.63, 3.8) is 0 Å². The van der Waals surface area contributed by atoms with Crippen LogP contribution in [-0.2, 0) is 22.6 Å². The molecule has 0 saturated carbocycles. The Labute approximate surface area is 207 Å². The van der Waals surface area contributed by atoms with Crippen LogP contribution in [0.5, 0.6) is 11.5 Å². The van der Waals surface area contributed by atoms with Gasteiger partial charge in [0.15, 0.2) is 6.61 Å². The van der Waals surface area contributed by atoms with Crippen LogP contribution < -0.4 is 14.8 Å². The maximum absolute atomic E-state index is 13.5. The van der Waals surface area contributed by atoms with Gasteiger partial charge in [-0.1, -0.05) is 60.2 Å². The first-order chi connectivity index (χ1) is 16.9. The standard InChI is InChI=1S/C29H34N2O4/c1-21(2)30-29(33)27(18-23-8-6-5-7-9-23)31(19-24-12-10-22(3)11-13-24)28(32)20-35-26-16-14-25(34-4)15-17-26/h5-17,21,27H,18-20H2,1-4H3,(H,30,33)/t27-/m0/s1. The fourth-order valence-electron chi connectivity index (χ4n) is 3.72. The first kappa shape index (κ1) is 25.8. The molecule has 2 amide bonds. The highest BCUT2D eigenvalue weighted by Gasteiger charge is 2.31. The van der Waals surface area contributed by atoms with Gasteiger partial charge in [0.1, 0.15) is 17.5 Å². The van der Waals surface area contributed by atoms with Crippen LogP contribution in [0.1, 0.15) is 30.5 Å². The summed E-state index contributed by atoms with van der Waals surface area (Å²) in [6, 6.07) is 24.1. The topological polar surface area (TPSA) is 67.9 Å². The molecule has 35 heavy (non-hydrogen) atoms. The van der Waals surface area contributed by atoms with Gasteiger partial charge < -0.3 is 19.7 Å².